The van der Waals surface area contributed by atoms with Crippen LogP contribution in [0.4, 0.5) is 4.39 Å². The smallest absolute Gasteiger partial charge is 0.258 e. The van der Waals surface area contributed by atoms with Gasteiger partial charge in [0.1, 0.15) is 29.2 Å². The molecule has 0 aliphatic heterocycles. The Hall–Kier alpha value is -2.93. The quantitative estimate of drug-likeness (QED) is 0.763. The van der Waals surface area contributed by atoms with Crippen LogP contribution in [0.25, 0.3) is 0 Å². The summed E-state index contributed by atoms with van der Waals surface area (Å²) >= 11 is 5.67. The number of carbonyl (C=O) groups is 1. The summed E-state index contributed by atoms with van der Waals surface area (Å²) in [6.07, 6.45) is 2.58. The van der Waals surface area contributed by atoms with E-state index in [0.717, 1.165) is 0 Å². The van der Waals surface area contributed by atoms with Crippen LogP contribution in [-0.2, 0) is 6.54 Å². The Labute approximate surface area is 141 Å². The Morgan fingerprint density at radius 2 is 2.04 bits per heavy atom. The van der Waals surface area contributed by atoms with Crippen LogP contribution in [0, 0.1) is 5.82 Å². The average molecular weight is 348 g/mol. The highest BCUT2D eigenvalue weighted by Crippen LogP contribution is 2.22. The molecule has 1 aromatic carbocycles. The van der Waals surface area contributed by atoms with Crippen molar-refractivity contribution in [1.29, 1.82) is 0 Å². The summed E-state index contributed by atoms with van der Waals surface area (Å²) in [5, 5.41) is 2.89. The van der Waals surface area contributed by atoms with Crippen molar-refractivity contribution in [2.45, 2.75) is 6.54 Å². The zero-order valence-electron chi connectivity index (χ0n) is 12.2. The highest BCUT2D eigenvalue weighted by Gasteiger charge is 2.15. The topological polar surface area (TPSA) is 77.3 Å². The average Bonchev–Trinajstić information content (AvgIpc) is 3.01. The van der Waals surface area contributed by atoms with Crippen LogP contribution in [0.15, 0.2) is 53.3 Å². The number of benzene rings is 1. The van der Waals surface area contributed by atoms with Crippen LogP contribution in [-0.4, -0.2) is 15.9 Å². The fourth-order valence-electron chi connectivity index (χ4n) is 1.88. The van der Waals surface area contributed by atoms with Gasteiger partial charge in [0, 0.05) is 6.20 Å². The standard InChI is InChI=1S/C16H11ClFN3O3/c17-14-6-5-12(23-14)7-20-15(22)13-8-19-9-21-16(13)24-11-3-1-10(18)2-4-11/h1-6,8-9H,7H2,(H,20,22). The minimum atomic E-state index is -0.444. The van der Waals surface area contributed by atoms with Gasteiger partial charge in [0.25, 0.3) is 5.91 Å². The molecule has 0 radical (unpaired) electrons. The molecule has 6 nitrogen and oxygen atoms in total. The molecule has 24 heavy (non-hydrogen) atoms. The fraction of sp³-hybridized carbons (Fsp3) is 0.0625. The molecule has 2 heterocycles. The molecule has 0 atom stereocenters. The van der Waals surface area contributed by atoms with Crippen molar-refractivity contribution < 1.29 is 18.3 Å². The number of nitrogens with one attached hydrogen (secondary N) is 1. The van der Waals surface area contributed by atoms with Crippen molar-refractivity contribution in [3.05, 3.63) is 71.3 Å². The Morgan fingerprint density at radius 1 is 1.25 bits per heavy atom. The van der Waals surface area contributed by atoms with Crippen LogP contribution in [0.3, 0.4) is 0 Å². The van der Waals surface area contributed by atoms with Crippen LogP contribution in [0.5, 0.6) is 11.6 Å². The molecule has 0 saturated carbocycles. The number of hydrogen-bond acceptors (Lipinski definition) is 5. The zero-order chi connectivity index (χ0) is 16.9. The first-order chi connectivity index (χ1) is 11.6. The van der Waals surface area contributed by atoms with Crippen molar-refractivity contribution in [2.24, 2.45) is 0 Å². The Kier molecular flexibility index (Phi) is 4.72. The summed E-state index contributed by atoms with van der Waals surface area (Å²) in [5.74, 6) is 0.0834. The number of nitrogens with zero attached hydrogens (tertiary/aromatic N) is 2. The molecule has 0 saturated heterocycles. The second-order valence-electron chi connectivity index (χ2n) is 4.69. The summed E-state index contributed by atoms with van der Waals surface area (Å²) in [7, 11) is 0. The third-order valence-electron chi connectivity index (χ3n) is 3.00. The summed E-state index contributed by atoms with van der Waals surface area (Å²) in [5.41, 5.74) is 0.138. The lowest BCUT2D eigenvalue weighted by atomic mass is 10.3. The number of hydrogen-bond donors (Lipinski definition) is 1. The number of carbonyl (C=O) groups excluding carboxylic acids is 1. The third kappa shape index (κ3) is 3.88. The van der Waals surface area contributed by atoms with Crippen molar-refractivity contribution in [3.8, 4) is 11.6 Å². The van der Waals surface area contributed by atoms with E-state index >= 15 is 0 Å². The molecular formula is C16H11ClFN3O3. The van der Waals surface area contributed by atoms with Gasteiger partial charge >= 0.3 is 0 Å². The van der Waals surface area contributed by atoms with Gasteiger partial charge in [-0.15, -0.1) is 0 Å². The third-order valence-corrected chi connectivity index (χ3v) is 3.20. The van der Waals surface area contributed by atoms with Gasteiger partial charge in [0.15, 0.2) is 5.22 Å². The van der Waals surface area contributed by atoms with E-state index in [9.17, 15) is 9.18 Å². The van der Waals surface area contributed by atoms with Gasteiger partial charge in [0.05, 0.1) is 6.54 Å². The van der Waals surface area contributed by atoms with Gasteiger partial charge < -0.3 is 14.5 Å². The number of amides is 1. The first-order valence-electron chi connectivity index (χ1n) is 6.87. The number of furan rings is 1. The summed E-state index contributed by atoms with van der Waals surface area (Å²) in [6.45, 7) is 0.149. The summed E-state index contributed by atoms with van der Waals surface area (Å²) < 4.78 is 23.6. The molecule has 0 unspecified atom stereocenters. The summed E-state index contributed by atoms with van der Waals surface area (Å²) in [6, 6.07) is 8.60. The second kappa shape index (κ2) is 7.10. The van der Waals surface area contributed by atoms with E-state index in [4.69, 9.17) is 20.8 Å². The van der Waals surface area contributed by atoms with Crippen LogP contribution in [0.2, 0.25) is 5.22 Å². The zero-order valence-corrected chi connectivity index (χ0v) is 13.0. The number of halogens is 2. The molecular weight excluding hydrogens is 337 g/mol. The molecule has 2 aromatic heterocycles. The van der Waals surface area contributed by atoms with Crippen LogP contribution >= 0.6 is 11.6 Å². The molecule has 0 aliphatic rings. The highest BCUT2D eigenvalue weighted by atomic mass is 35.5. The Morgan fingerprint density at radius 3 is 2.75 bits per heavy atom. The van der Waals surface area contributed by atoms with Gasteiger partial charge in [0.2, 0.25) is 5.88 Å². The van der Waals surface area contributed by atoms with E-state index < -0.39 is 5.91 Å². The normalized spacial score (nSPS) is 10.4. The molecule has 8 heteroatoms. The van der Waals surface area contributed by atoms with Gasteiger partial charge in [-0.1, -0.05) is 0 Å². The van der Waals surface area contributed by atoms with E-state index in [2.05, 4.69) is 15.3 Å². The molecule has 0 aliphatic carbocycles. The van der Waals surface area contributed by atoms with E-state index in [1.54, 1.807) is 12.1 Å². The van der Waals surface area contributed by atoms with Crippen molar-refractivity contribution in [1.82, 2.24) is 15.3 Å². The van der Waals surface area contributed by atoms with E-state index in [1.807, 2.05) is 0 Å². The number of aromatic nitrogens is 2. The first kappa shape index (κ1) is 15.9. The van der Waals surface area contributed by atoms with E-state index in [0.29, 0.717) is 11.5 Å². The molecule has 3 rings (SSSR count). The predicted octanol–water partition coefficient (Wildman–Crippen LogP) is 3.58. The first-order valence-corrected chi connectivity index (χ1v) is 7.25. The summed E-state index contributed by atoms with van der Waals surface area (Å²) in [4.78, 5) is 20.1. The van der Waals surface area contributed by atoms with Gasteiger partial charge in [-0.05, 0) is 48.0 Å². The molecule has 122 valence electrons. The Bertz CT molecular complexity index is 852. The fourth-order valence-corrected chi connectivity index (χ4v) is 2.04. The number of rotatable bonds is 5. The Balaban J connectivity index is 1.73. The maximum atomic E-state index is 12.9. The lowest BCUT2D eigenvalue weighted by Gasteiger charge is -2.09. The molecule has 0 fully saturated rings. The molecule has 0 spiro atoms. The highest BCUT2D eigenvalue weighted by molar-refractivity contribution is 6.28. The van der Waals surface area contributed by atoms with Crippen molar-refractivity contribution >= 4 is 17.5 Å². The molecule has 3 aromatic rings. The predicted molar refractivity (Wildman–Crippen MR) is 83.4 cm³/mol. The van der Waals surface area contributed by atoms with Gasteiger partial charge in [-0.25, -0.2) is 14.4 Å². The van der Waals surface area contributed by atoms with E-state index in [1.165, 1.54) is 36.8 Å². The monoisotopic (exact) mass is 347 g/mol. The molecule has 1 amide bonds. The largest absolute Gasteiger partial charge is 0.448 e. The lowest BCUT2D eigenvalue weighted by molar-refractivity contribution is 0.0944. The maximum Gasteiger partial charge on any atom is 0.258 e. The van der Waals surface area contributed by atoms with Crippen LogP contribution in [0.1, 0.15) is 16.1 Å². The minimum absolute atomic E-state index is 0.0617. The van der Waals surface area contributed by atoms with Crippen molar-refractivity contribution in [3.63, 3.8) is 0 Å². The lowest BCUT2D eigenvalue weighted by Crippen LogP contribution is -2.23. The minimum Gasteiger partial charge on any atom is -0.448 e. The maximum absolute atomic E-state index is 12.9. The van der Waals surface area contributed by atoms with Crippen molar-refractivity contribution in [2.75, 3.05) is 0 Å². The van der Waals surface area contributed by atoms with Gasteiger partial charge in [-0.3, -0.25) is 4.79 Å². The second-order valence-corrected chi connectivity index (χ2v) is 5.06. The molecule has 1 N–H and O–H groups in total. The van der Waals surface area contributed by atoms with Crippen LogP contribution < -0.4 is 10.1 Å². The number of ether oxygens (including phenoxy) is 1. The van der Waals surface area contributed by atoms with E-state index in [-0.39, 0.29) is 29.0 Å². The van der Waals surface area contributed by atoms with Gasteiger partial charge in [-0.2, -0.15) is 0 Å². The SMILES string of the molecule is O=C(NCc1ccc(Cl)o1)c1cncnc1Oc1ccc(F)cc1. The molecule has 0 bridgehead atoms.